The highest BCUT2D eigenvalue weighted by Crippen LogP contribution is 2.27. The summed E-state index contributed by atoms with van der Waals surface area (Å²) in [5, 5.41) is 3.56. The summed E-state index contributed by atoms with van der Waals surface area (Å²) in [6.45, 7) is 2.69. The molecule has 3 nitrogen and oxygen atoms in total. The summed E-state index contributed by atoms with van der Waals surface area (Å²) in [5.41, 5.74) is 6.10. The molecule has 0 fully saturated rings. The summed E-state index contributed by atoms with van der Waals surface area (Å²) in [5.74, 6) is 0.673. The number of benzene rings is 1. The summed E-state index contributed by atoms with van der Waals surface area (Å²) < 4.78 is 5.42. The quantitative estimate of drug-likeness (QED) is 0.800. The summed E-state index contributed by atoms with van der Waals surface area (Å²) in [6.07, 6.45) is 0.948. The number of hydrogen-bond donors (Lipinski definition) is 2. The first-order valence-electron chi connectivity index (χ1n) is 4.62. The normalized spacial score (nSPS) is 9.73. The summed E-state index contributed by atoms with van der Waals surface area (Å²) in [4.78, 5) is 0. The summed E-state index contributed by atoms with van der Waals surface area (Å²) in [7, 11) is 0. The molecular weight excluding hydrogens is 232 g/mol. The molecule has 1 aromatic rings. The van der Waals surface area contributed by atoms with Crippen molar-refractivity contribution in [3.63, 3.8) is 0 Å². The van der Waals surface area contributed by atoms with E-state index in [1.165, 1.54) is 0 Å². The SMILES string of the molecule is CCCOc1ccc(NC(N)=S)cc1Cl. The molecule has 0 aliphatic heterocycles. The Kier molecular flexibility index (Phi) is 4.65. The standard InChI is InChI=1S/C10H13ClN2OS/c1-2-5-14-9-4-3-7(6-8(9)11)13-10(12)15/h3-4,6H,2,5H2,1H3,(H3,12,13,15). The molecule has 0 atom stereocenters. The van der Waals surface area contributed by atoms with Crippen LogP contribution in [-0.4, -0.2) is 11.7 Å². The van der Waals surface area contributed by atoms with Crippen LogP contribution in [0.5, 0.6) is 5.75 Å². The van der Waals surface area contributed by atoms with E-state index in [0.717, 1.165) is 12.1 Å². The van der Waals surface area contributed by atoms with E-state index in [1.807, 2.05) is 13.0 Å². The minimum absolute atomic E-state index is 0.216. The van der Waals surface area contributed by atoms with Crippen LogP contribution in [0.4, 0.5) is 5.69 Å². The lowest BCUT2D eigenvalue weighted by Crippen LogP contribution is -2.18. The van der Waals surface area contributed by atoms with E-state index < -0.39 is 0 Å². The van der Waals surface area contributed by atoms with Gasteiger partial charge in [-0.2, -0.15) is 0 Å². The lowest BCUT2D eigenvalue weighted by molar-refractivity contribution is 0.317. The van der Waals surface area contributed by atoms with E-state index in [-0.39, 0.29) is 5.11 Å². The monoisotopic (exact) mass is 244 g/mol. The van der Waals surface area contributed by atoms with Gasteiger partial charge in [0.15, 0.2) is 5.11 Å². The van der Waals surface area contributed by atoms with Crippen LogP contribution in [0.25, 0.3) is 0 Å². The molecule has 0 amide bonds. The molecule has 0 spiro atoms. The Morgan fingerprint density at radius 3 is 2.87 bits per heavy atom. The lowest BCUT2D eigenvalue weighted by Gasteiger charge is -2.09. The van der Waals surface area contributed by atoms with E-state index in [9.17, 15) is 0 Å². The third-order valence-electron chi connectivity index (χ3n) is 1.66. The van der Waals surface area contributed by atoms with E-state index in [1.54, 1.807) is 12.1 Å². The Labute approximate surface area is 99.6 Å². The van der Waals surface area contributed by atoms with Crippen molar-refractivity contribution >= 4 is 34.6 Å². The summed E-state index contributed by atoms with van der Waals surface area (Å²) >= 11 is 10.7. The fraction of sp³-hybridized carbons (Fsp3) is 0.300. The van der Waals surface area contributed by atoms with Crippen LogP contribution >= 0.6 is 23.8 Å². The highest BCUT2D eigenvalue weighted by atomic mass is 35.5. The second kappa shape index (κ2) is 5.78. The average Bonchev–Trinajstić information content (AvgIpc) is 2.15. The third kappa shape index (κ3) is 3.93. The number of hydrogen-bond acceptors (Lipinski definition) is 2. The van der Waals surface area contributed by atoms with Crippen molar-refractivity contribution in [1.82, 2.24) is 0 Å². The molecule has 0 saturated heterocycles. The molecule has 1 aromatic carbocycles. The Hall–Kier alpha value is -1.00. The van der Waals surface area contributed by atoms with Gasteiger partial charge >= 0.3 is 0 Å². The van der Waals surface area contributed by atoms with Gasteiger partial charge in [0.25, 0.3) is 0 Å². The first kappa shape index (κ1) is 12.1. The van der Waals surface area contributed by atoms with Crippen LogP contribution in [0.1, 0.15) is 13.3 Å². The molecule has 0 saturated carbocycles. The smallest absolute Gasteiger partial charge is 0.168 e. The molecule has 0 radical (unpaired) electrons. The molecule has 0 aliphatic carbocycles. The molecule has 1 rings (SSSR count). The average molecular weight is 245 g/mol. The van der Waals surface area contributed by atoms with Gasteiger partial charge in [0, 0.05) is 5.69 Å². The number of rotatable bonds is 4. The first-order chi connectivity index (χ1) is 7.13. The fourth-order valence-corrected chi connectivity index (χ4v) is 1.40. The zero-order valence-electron chi connectivity index (χ0n) is 8.42. The molecule has 3 N–H and O–H groups in total. The van der Waals surface area contributed by atoms with Crippen molar-refractivity contribution < 1.29 is 4.74 Å². The summed E-state index contributed by atoms with van der Waals surface area (Å²) in [6, 6.07) is 5.33. The van der Waals surface area contributed by atoms with Gasteiger partial charge in [-0.3, -0.25) is 0 Å². The Balaban J connectivity index is 2.74. The van der Waals surface area contributed by atoms with Crippen LogP contribution < -0.4 is 15.8 Å². The molecule has 15 heavy (non-hydrogen) atoms. The minimum Gasteiger partial charge on any atom is -0.492 e. The maximum Gasteiger partial charge on any atom is 0.168 e. The van der Waals surface area contributed by atoms with Crippen LogP contribution in [0.15, 0.2) is 18.2 Å². The van der Waals surface area contributed by atoms with Gasteiger partial charge in [0.2, 0.25) is 0 Å². The molecule has 0 heterocycles. The molecule has 0 unspecified atom stereocenters. The van der Waals surface area contributed by atoms with Crippen molar-refractivity contribution in [2.45, 2.75) is 13.3 Å². The Morgan fingerprint density at radius 2 is 2.33 bits per heavy atom. The third-order valence-corrected chi connectivity index (χ3v) is 2.06. The Bertz CT molecular complexity index is 357. The molecule has 5 heteroatoms. The van der Waals surface area contributed by atoms with Gasteiger partial charge in [0.05, 0.1) is 11.6 Å². The minimum atomic E-state index is 0.216. The van der Waals surface area contributed by atoms with Crippen LogP contribution in [0.3, 0.4) is 0 Å². The predicted molar refractivity (Wildman–Crippen MR) is 67.6 cm³/mol. The number of thiocarbonyl (C=S) groups is 1. The van der Waals surface area contributed by atoms with Gasteiger partial charge in [-0.05, 0) is 36.8 Å². The second-order valence-corrected chi connectivity index (χ2v) is 3.83. The van der Waals surface area contributed by atoms with Gasteiger partial charge in [-0.25, -0.2) is 0 Å². The Morgan fingerprint density at radius 1 is 1.60 bits per heavy atom. The van der Waals surface area contributed by atoms with Crippen molar-refractivity contribution in [1.29, 1.82) is 0 Å². The molecule has 0 bridgehead atoms. The zero-order valence-corrected chi connectivity index (χ0v) is 9.99. The van der Waals surface area contributed by atoms with Crippen LogP contribution in [0, 0.1) is 0 Å². The van der Waals surface area contributed by atoms with E-state index in [4.69, 9.17) is 34.3 Å². The van der Waals surface area contributed by atoms with Crippen molar-refractivity contribution in [3.8, 4) is 5.75 Å². The molecule has 0 aliphatic rings. The number of nitrogens with two attached hydrogens (primary N) is 1. The molecular formula is C10H13ClN2OS. The maximum atomic E-state index is 6.00. The van der Waals surface area contributed by atoms with Crippen molar-refractivity contribution in [2.75, 3.05) is 11.9 Å². The largest absolute Gasteiger partial charge is 0.492 e. The van der Waals surface area contributed by atoms with E-state index in [0.29, 0.717) is 17.4 Å². The van der Waals surface area contributed by atoms with Gasteiger partial charge < -0.3 is 15.8 Å². The van der Waals surface area contributed by atoms with Gasteiger partial charge in [-0.1, -0.05) is 18.5 Å². The topological polar surface area (TPSA) is 47.3 Å². The zero-order chi connectivity index (χ0) is 11.3. The lowest BCUT2D eigenvalue weighted by atomic mass is 10.3. The highest BCUT2D eigenvalue weighted by Gasteiger charge is 2.02. The van der Waals surface area contributed by atoms with Crippen molar-refractivity contribution in [2.24, 2.45) is 5.73 Å². The number of ether oxygens (including phenoxy) is 1. The number of nitrogens with one attached hydrogen (secondary N) is 1. The highest BCUT2D eigenvalue weighted by molar-refractivity contribution is 7.80. The van der Waals surface area contributed by atoms with E-state index in [2.05, 4.69) is 5.32 Å². The van der Waals surface area contributed by atoms with Gasteiger partial charge in [-0.15, -0.1) is 0 Å². The van der Waals surface area contributed by atoms with Crippen LogP contribution in [-0.2, 0) is 0 Å². The second-order valence-electron chi connectivity index (χ2n) is 2.98. The van der Waals surface area contributed by atoms with Gasteiger partial charge in [0.1, 0.15) is 5.75 Å². The number of halogens is 1. The molecule has 82 valence electrons. The predicted octanol–water partition coefficient (Wildman–Crippen LogP) is 2.78. The molecule has 0 aromatic heterocycles. The van der Waals surface area contributed by atoms with Crippen LogP contribution in [0.2, 0.25) is 5.02 Å². The fourth-order valence-electron chi connectivity index (χ4n) is 1.05. The number of anilines is 1. The van der Waals surface area contributed by atoms with E-state index >= 15 is 0 Å². The first-order valence-corrected chi connectivity index (χ1v) is 5.41. The maximum absolute atomic E-state index is 6.00. The van der Waals surface area contributed by atoms with Crippen molar-refractivity contribution in [3.05, 3.63) is 23.2 Å².